The third-order valence-electron chi connectivity index (χ3n) is 0. The molecule has 0 aliphatic heterocycles. The normalized spacial score (nSPS) is 0. The van der Waals surface area contributed by atoms with E-state index in [9.17, 15) is 0 Å². The Morgan fingerprint density at radius 1 is 1.00 bits per heavy atom. The van der Waals surface area contributed by atoms with Gasteiger partial charge in [-0.1, -0.05) is 0 Å². The molecule has 0 fully saturated rings. The van der Waals surface area contributed by atoms with Crippen LogP contribution >= 0.6 is 0 Å². The quantitative estimate of drug-likeness (QED) is 0.482. The van der Waals surface area contributed by atoms with Gasteiger partial charge in [-0.05, 0) is 0 Å². The van der Waals surface area contributed by atoms with Crippen molar-refractivity contribution in [2.45, 2.75) is 0 Å². The third kappa shape index (κ3) is 9.03. The Morgan fingerprint density at radius 3 is 1.00 bits per heavy atom. The van der Waals surface area contributed by atoms with Crippen molar-refractivity contribution in [3.8, 4) is 0 Å². The van der Waals surface area contributed by atoms with E-state index in [-0.39, 0.29) is 103 Å². The Bertz CT molecular complexity index is 8.00. The van der Waals surface area contributed by atoms with Crippen molar-refractivity contribution in [3.05, 3.63) is 0 Å². The molecule has 0 aromatic rings. The van der Waals surface area contributed by atoms with Gasteiger partial charge >= 0.3 is 0 Å². The minimum Gasteiger partial charge on any atom is 0 e. The third-order valence-corrected chi connectivity index (χ3v) is 0. The molecule has 0 spiro atoms. The molecule has 0 rings (SSSR count). The van der Waals surface area contributed by atoms with Crippen LogP contribution in [0.2, 0.25) is 0 Å². The fourth-order valence-electron chi connectivity index (χ4n) is 0. The van der Waals surface area contributed by atoms with Gasteiger partial charge in [0, 0.05) is 103 Å². The minimum atomic E-state index is 0. The first-order valence-electron chi connectivity index (χ1n) is 0. The topological polar surface area (TPSA) is 0 Å². The van der Waals surface area contributed by atoms with Gasteiger partial charge in [-0.3, -0.25) is 0 Å². The molecule has 0 aromatic heterocycles. The Morgan fingerprint density at radius 2 is 1.00 bits per heavy atom. The van der Waals surface area contributed by atoms with Gasteiger partial charge < -0.3 is 0 Å². The molecule has 0 N–H and O–H groups in total. The van der Waals surface area contributed by atoms with Crippen molar-refractivity contribution < 1.29 is 103 Å². The maximum absolute atomic E-state index is 0. The Kier molecular flexibility index (Phi) is 107. The van der Waals surface area contributed by atoms with Gasteiger partial charge in [-0.15, -0.1) is 0 Å². The van der Waals surface area contributed by atoms with E-state index in [2.05, 4.69) is 0 Å². The Labute approximate surface area is 101 Å². The van der Waals surface area contributed by atoms with Gasteiger partial charge in [0.1, 0.15) is 0 Å². The van der Waals surface area contributed by atoms with Gasteiger partial charge in [-0.2, -0.15) is 0 Å². The molecule has 0 aliphatic carbocycles. The standard InChI is InChI=1S/Ce.Ti.V.W. The van der Waals surface area contributed by atoms with E-state index in [1.807, 2.05) is 0 Å². The van der Waals surface area contributed by atoms with Gasteiger partial charge in [0.2, 0.25) is 0 Å². The van der Waals surface area contributed by atoms with Crippen molar-refractivity contribution in [3.63, 3.8) is 0 Å². The second-order valence-electron chi connectivity index (χ2n) is 0. The maximum Gasteiger partial charge on any atom is 0 e. The maximum atomic E-state index is 0. The summed E-state index contributed by atoms with van der Waals surface area (Å²) in [7, 11) is 0. The molecular weight excluding hydrogens is 423 g/mol. The predicted octanol–water partition coefficient (Wildman–Crippen LogP) is -0.00750. The van der Waals surface area contributed by atoms with Crippen molar-refractivity contribution in [2.24, 2.45) is 0 Å². The molecule has 0 unspecified atom stereocenters. The number of hydrogen-bond donors (Lipinski definition) is 0. The summed E-state index contributed by atoms with van der Waals surface area (Å²) in [6, 6.07) is 0. The van der Waals surface area contributed by atoms with E-state index >= 15 is 0 Å². The molecule has 0 amide bonds. The van der Waals surface area contributed by atoms with Crippen LogP contribution in [0.4, 0.5) is 0 Å². The number of hydrogen-bond acceptors (Lipinski definition) is 0. The predicted molar refractivity (Wildman–Crippen MR) is 0 cm³/mol. The summed E-state index contributed by atoms with van der Waals surface area (Å²) in [6.07, 6.45) is 0. The van der Waals surface area contributed by atoms with Gasteiger partial charge in [0.25, 0.3) is 0 Å². The first-order chi connectivity index (χ1) is 0. The zero-order valence-corrected chi connectivity index (χ0v) is 10.9. The molecule has 0 atom stereocenters. The second-order valence-corrected chi connectivity index (χ2v) is 0. The first-order valence-corrected chi connectivity index (χ1v) is 0. The van der Waals surface area contributed by atoms with E-state index in [4.69, 9.17) is 0 Å². The van der Waals surface area contributed by atoms with Crippen LogP contribution in [0.1, 0.15) is 0 Å². The SMILES string of the molecule is [Ce].[Ti].[V].[W]. The molecular formula is CeTiVW. The van der Waals surface area contributed by atoms with Crippen LogP contribution in [0.3, 0.4) is 0 Å². The fourth-order valence-corrected chi connectivity index (χ4v) is 0. The van der Waals surface area contributed by atoms with Gasteiger partial charge in [0.15, 0.2) is 0 Å². The molecule has 4 heavy (non-hydrogen) atoms. The summed E-state index contributed by atoms with van der Waals surface area (Å²) in [5.74, 6) is 0. The average Bonchev–Trinajstić information content (AvgIpc) is 0. The molecule has 19 valence electrons. The van der Waals surface area contributed by atoms with E-state index < -0.39 is 0 Å². The molecule has 0 aromatic carbocycles. The fraction of sp³-hybridized carbons (Fsp3) is 0. The molecule has 0 bridgehead atoms. The van der Waals surface area contributed by atoms with Crippen molar-refractivity contribution in [2.75, 3.05) is 0 Å². The van der Waals surface area contributed by atoms with Crippen molar-refractivity contribution in [1.82, 2.24) is 0 Å². The first kappa shape index (κ1) is 26.4. The summed E-state index contributed by atoms with van der Waals surface area (Å²) >= 11 is 0. The smallest absolute Gasteiger partial charge is 0 e. The summed E-state index contributed by atoms with van der Waals surface area (Å²) in [5, 5.41) is 0. The zero-order valence-electron chi connectivity index (χ0n) is 1.86. The van der Waals surface area contributed by atoms with Crippen LogP contribution in [-0.4, -0.2) is 0 Å². The van der Waals surface area contributed by atoms with Crippen LogP contribution in [0.25, 0.3) is 0 Å². The van der Waals surface area contributed by atoms with Crippen LogP contribution < -0.4 is 0 Å². The largest absolute Gasteiger partial charge is 0 e. The van der Waals surface area contributed by atoms with Crippen LogP contribution in [0.5, 0.6) is 0 Å². The summed E-state index contributed by atoms with van der Waals surface area (Å²) in [5.41, 5.74) is 0. The zero-order chi connectivity index (χ0) is 0. The summed E-state index contributed by atoms with van der Waals surface area (Å²) in [4.78, 5) is 0. The van der Waals surface area contributed by atoms with Crippen LogP contribution in [0, 0.1) is 41.7 Å². The molecule has 0 heterocycles. The van der Waals surface area contributed by atoms with Crippen LogP contribution in [0.15, 0.2) is 0 Å². The van der Waals surface area contributed by atoms with Gasteiger partial charge in [-0.25, -0.2) is 0 Å². The summed E-state index contributed by atoms with van der Waals surface area (Å²) in [6.45, 7) is 0. The second kappa shape index (κ2) is 16.2. The average molecular weight is 423 g/mol. The van der Waals surface area contributed by atoms with E-state index in [0.717, 1.165) is 0 Å². The van der Waals surface area contributed by atoms with E-state index in [0.29, 0.717) is 0 Å². The van der Waals surface area contributed by atoms with Crippen molar-refractivity contribution >= 4 is 0 Å². The molecule has 0 aliphatic rings. The molecule has 4 heteroatoms. The summed E-state index contributed by atoms with van der Waals surface area (Å²) < 4.78 is 0. The molecule has 1 radical (unpaired) electrons. The van der Waals surface area contributed by atoms with Crippen LogP contribution in [-0.2, 0) is 61.3 Å². The minimum absolute atomic E-state index is 0. The Hall–Kier alpha value is 3.36. The Balaban J connectivity index is 0. The van der Waals surface area contributed by atoms with Gasteiger partial charge in [0.05, 0.1) is 0 Å². The molecule has 0 nitrogen and oxygen atoms in total. The molecule has 0 saturated heterocycles. The molecule has 0 saturated carbocycles. The monoisotopic (exact) mass is 423 g/mol. The van der Waals surface area contributed by atoms with Crippen molar-refractivity contribution in [1.29, 1.82) is 0 Å². The number of rotatable bonds is 0. The van der Waals surface area contributed by atoms with E-state index in [1.165, 1.54) is 0 Å². The van der Waals surface area contributed by atoms with E-state index in [1.54, 1.807) is 0 Å².